The highest BCUT2D eigenvalue weighted by Crippen LogP contribution is 2.27. The van der Waals surface area contributed by atoms with Crippen molar-refractivity contribution in [3.63, 3.8) is 0 Å². The molecule has 1 aliphatic carbocycles. The van der Waals surface area contributed by atoms with Crippen LogP contribution < -0.4 is 20.1 Å². The zero-order chi connectivity index (χ0) is 20.7. The molecule has 0 heterocycles. The number of nitrogens with one attached hydrogen (secondary N) is 2. The van der Waals surface area contributed by atoms with Gasteiger partial charge in [-0.2, -0.15) is 0 Å². The van der Waals surface area contributed by atoms with Crippen molar-refractivity contribution in [3.05, 3.63) is 23.8 Å². The second-order valence-corrected chi connectivity index (χ2v) is 7.93. The molecule has 6 nitrogen and oxygen atoms in total. The van der Waals surface area contributed by atoms with Gasteiger partial charge in [-0.15, -0.1) is 0 Å². The molecule has 0 saturated heterocycles. The lowest BCUT2D eigenvalue weighted by molar-refractivity contribution is -0.124. The SMILES string of the molecule is CCC1CCC(NC(=O)C(NC(=O)c2cc(OC)cc(OC)c2)C(C)C)CC1. The van der Waals surface area contributed by atoms with Gasteiger partial charge < -0.3 is 20.1 Å². The van der Waals surface area contributed by atoms with Crippen molar-refractivity contribution >= 4 is 11.8 Å². The van der Waals surface area contributed by atoms with Crippen molar-refractivity contribution in [2.24, 2.45) is 11.8 Å². The van der Waals surface area contributed by atoms with Crippen LogP contribution in [0.4, 0.5) is 0 Å². The number of ether oxygens (including phenoxy) is 2. The van der Waals surface area contributed by atoms with Crippen LogP contribution in [0, 0.1) is 11.8 Å². The molecule has 28 heavy (non-hydrogen) atoms. The maximum atomic E-state index is 12.8. The number of rotatable bonds is 8. The van der Waals surface area contributed by atoms with Crippen LogP contribution in [0.1, 0.15) is 63.2 Å². The Bertz CT molecular complexity index is 644. The fraction of sp³-hybridized carbons (Fsp3) is 0.636. The first-order valence-corrected chi connectivity index (χ1v) is 10.2. The lowest BCUT2D eigenvalue weighted by Crippen LogP contribution is -2.52. The summed E-state index contributed by atoms with van der Waals surface area (Å²) in [5.74, 6) is 1.38. The number of hydrogen-bond acceptors (Lipinski definition) is 4. The maximum Gasteiger partial charge on any atom is 0.252 e. The summed E-state index contributed by atoms with van der Waals surface area (Å²) in [6.07, 6.45) is 5.54. The van der Waals surface area contributed by atoms with E-state index in [0.717, 1.165) is 31.6 Å². The molecule has 2 N–H and O–H groups in total. The monoisotopic (exact) mass is 390 g/mol. The van der Waals surface area contributed by atoms with Crippen LogP contribution in [0.2, 0.25) is 0 Å². The zero-order valence-electron chi connectivity index (χ0n) is 17.7. The first-order valence-electron chi connectivity index (χ1n) is 10.2. The highest BCUT2D eigenvalue weighted by atomic mass is 16.5. The molecule has 2 amide bonds. The van der Waals surface area contributed by atoms with E-state index in [1.165, 1.54) is 20.6 Å². The topological polar surface area (TPSA) is 76.7 Å². The number of carbonyl (C=O) groups excluding carboxylic acids is 2. The van der Waals surface area contributed by atoms with E-state index < -0.39 is 6.04 Å². The fourth-order valence-corrected chi connectivity index (χ4v) is 3.70. The summed E-state index contributed by atoms with van der Waals surface area (Å²) in [5.41, 5.74) is 0.401. The molecule has 0 spiro atoms. The molecule has 1 saturated carbocycles. The standard InChI is InChI=1S/C22H34N2O4/c1-6-15-7-9-17(10-8-15)23-22(26)20(14(2)3)24-21(25)16-11-18(27-4)13-19(12-16)28-5/h11-15,17,20H,6-10H2,1-5H3,(H,23,26)(H,24,25). The van der Waals surface area contributed by atoms with Crippen LogP contribution in [0.15, 0.2) is 18.2 Å². The second-order valence-electron chi connectivity index (χ2n) is 7.93. The van der Waals surface area contributed by atoms with Gasteiger partial charge in [-0.3, -0.25) is 9.59 Å². The van der Waals surface area contributed by atoms with E-state index in [4.69, 9.17) is 9.47 Å². The molecule has 1 fully saturated rings. The van der Waals surface area contributed by atoms with Crippen molar-refractivity contribution in [3.8, 4) is 11.5 Å². The minimum atomic E-state index is -0.589. The van der Waals surface area contributed by atoms with Gasteiger partial charge in [0.25, 0.3) is 5.91 Å². The highest BCUT2D eigenvalue weighted by molar-refractivity contribution is 5.98. The van der Waals surface area contributed by atoms with Crippen molar-refractivity contribution in [1.29, 1.82) is 0 Å². The van der Waals surface area contributed by atoms with Crippen molar-refractivity contribution in [2.45, 2.75) is 65.0 Å². The normalized spacial score (nSPS) is 20.4. The van der Waals surface area contributed by atoms with Crippen LogP contribution in [0.5, 0.6) is 11.5 Å². The van der Waals surface area contributed by atoms with E-state index in [9.17, 15) is 9.59 Å². The molecular weight excluding hydrogens is 356 g/mol. The molecule has 156 valence electrons. The van der Waals surface area contributed by atoms with E-state index in [2.05, 4.69) is 17.6 Å². The van der Waals surface area contributed by atoms with Gasteiger partial charge in [-0.05, 0) is 49.7 Å². The lowest BCUT2D eigenvalue weighted by atomic mass is 9.84. The smallest absolute Gasteiger partial charge is 0.252 e. The molecule has 1 unspecified atom stereocenters. The molecule has 0 bridgehead atoms. The average molecular weight is 391 g/mol. The number of hydrogen-bond donors (Lipinski definition) is 2. The Labute approximate surface area is 168 Å². The number of benzene rings is 1. The van der Waals surface area contributed by atoms with E-state index in [-0.39, 0.29) is 23.8 Å². The van der Waals surface area contributed by atoms with Crippen molar-refractivity contribution in [2.75, 3.05) is 14.2 Å². The fourth-order valence-electron chi connectivity index (χ4n) is 3.70. The van der Waals surface area contributed by atoms with Gasteiger partial charge in [0.1, 0.15) is 17.5 Å². The third kappa shape index (κ3) is 5.88. The van der Waals surface area contributed by atoms with Gasteiger partial charge in [-0.25, -0.2) is 0 Å². The first-order chi connectivity index (χ1) is 13.4. The van der Waals surface area contributed by atoms with E-state index in [1.807, 2.05) is 13.8 Å². The average Bonchev–Trinajstić information content (AvgIpc) is 2.71. The Kier molecular flexibility index (Phi) is 8.15. The molecule has 2 rings (SSSR count). The Morgan fingerprint density at radius 1 is 1.04 bits per heavy atom. The molecule has 1 aromatic carbocycles. The maximum absolute atomic E-state index is 12.8. The van der Waals surface area contributed by atoms with Crippen LogP contribution in [0.25, 0.3) is 0 Å². The van der Waals surface area contributed by atoms with Crippen LogP contribution in [-0.4, -0.2) is 38.1 Å². The van der Waals surface area contributed by atoms with E-state index in [0.29, 0.717) is 17.1 Å². The molecule has 0 aliphatic heterocycles. The lowest BCUT2D eigenvalue weighted by Gasteiger charge is -2.30. The minimum absolute atomic E-state index is 0.0246. The molecular formula is C22H34N2O4. The number of carbonyl (C=O) groups is 2. The van der Waals surface area contributed by atoms with E-state index in [1.54, 1.807) is 18.2 Å². The molecule has 0 radical (unpaired) electrons. The van der Waals surface area contributed by atoms with E-state index >= 15 is 0 Å². The summed E-state index contributed by atoms with van der Waals surface area (Å²) in [6, 6.07) is 4.59. The Morgan fingerprint density at radius 2 is 1.61 bits per heavy atom. The van der Waals surface area contributed by atoms with Gasteiger partial charge in [0, 0.05) is 17.7 Å². The summed E-state index contributed by atoms with van der Waals surface area (Å²) in [5, 5.41) is 6.03. The van der Waals surface area contributed by atoms with Crippen LogP contribution >= 0.6 is 0 Å². The second kappa shape index (κ2) is 10.3. The summed E-state index contributed by atoms with van der Waals surface area (Å²) in [4.78, 5) is 25.6. The third-order valence-electron chi connectivity index (χ3n) is 5.62. The predicted octanol–water partition coefficient (Wildman–Crippen LogP) is 3.54. The molecule has 0 aromatic heterocycles. The number of amides is 2. The van der Waals surface area contributed by atoms with Crippen molar-refractivity contribution in [1.82, 2.24) is 10.6 Å². The molecule has 1 aliphatic rings. The van der Waals surface area contributed by atoms with Crippen LogP contribution in [-0.2, 0) is 4.79 Å². The molecule has 6 heteroatoms. The van der Waals surface area contributed by atoms with Crippen LogP contribution in [0.3, 0.4) is 0 Å². The third-order valence-corrected chi connectivity index (χ3v) is 5.62. The Hall–Kier alpha value is -2.24. The van der Waals surface area contributed by atoms with Crippen molar-refractivity contribution < 1.29 is 19.1 Å². The molecule has 1 atom stereocenters. The van der Waals surface area contributed by atoms with Gasteiger partial charge in [-0.1, -0.05) is 27.2 Å². The Morgan fingerprint density at radius 3 is 2.07 bits per heavy atom. The molecule has 1 aromatic rings. The quantitative estimate of drug-likeness (QED) is 0.712. The Balaban J connectivity index is 2.03. The summed E-state index contributed by atoms with van der Waals surface area (Å²) in [6.45, 7) is 6.09. The first kappa shape index (κ1) is 22.1. The largest absolute Gasteiger partial charge is 0.497 e. The van der Waals surface area contributed by atoms with Gasteiger partial charge in [0.15, 0.2) is 0 Å². The zero-order valence-corrected chi connectivity index (χ0v) is 17.7. The van der Waals surface area contributed by atoms with Gasteiger partial charge in [0.05, 0.1) is 14.2 Å². The van der Waals surface area contributed by atoms with Gasteiger partial charge in [0.2, 0.25) is 5.91 Å². The predicted molar refractivity (Wildman–Crippen MR) is 110 cm³/mol. The summed E-state index contributed by atoms with van der Waals surface area (Å²) < 4.78 is 10.5. The highest BCUT2D eigenvalue weighted by Gasteiger charge is 2.28. The minimum Gasteiger partial charge on any atom is -0.497 e. The summed E-state index contributed by atoms with van der Waals surface area (Å²) in [7, 11) is 3.07. The number of methoxy groups -OCH3 is 2. The van der Waals surface area contributed by atoms with Gasteiger partial charge >= 0.3 is 0 Å². The summed E-state index contributed by atoms with van der Waals surface area (Å²) >= 11 is 0.